The minimum absolute atomic E-state index is 0.0257. The molecule has 0 radical (unpaired) electrons. The highest BCUT2D eigenvalue weighted by atomic mass is 19.1. The summed E-state index contributed by atoms with van der Waals surface area (Å²) in [4.78, 5) is 30.1. The van der Waals surface area contributed by atoms with Crippen molar-refractivity contribution in [2.24, 2.45) is 5.92 Å². The molecular weight excluding hydrogens is 399 g/mol. The van der Waals surface area contributed by atoms with Gasteiger partial charge in [-0.25, -0.2) is 9.29 Å². The summed E-state index contributed by atoms with van der Waals surface area (Å²) in [6.07, 6.45) is 1.68. The first-order valence-corrected chi connectivity index (χ1v) is 10.5. The van der Waals surface area contributed by atoms with Crippen LogP contribution in [0.1, 0.15) is 25.3 Å². The number of ether oxygens (including phenoxy) is 1. The Kier molecular flexibility index (Phi) is 6.04. The first kappa shape index (κ1) is 21.1. The minimum atomic E-state index is -0.452. The maximum Gasteiger partial charge on any atom is 0.282 e. The number of aliphatic hydroxyl groups excluding tert-OH is 1. The van der Waals surface area contributed by atoms with Gasteiger partial charge < -0.3 is 14.7 Å². The summed E-state index contributed by atoms with van der Waals surface area (Å²) in [5.41, 5.74) is 1.47. The maximum atomic E-state index is 13.6. The third-order valence-corrected chi connectivity index (χ3v) is 5.67. The molecule has 2 aromatic rings. The van der Waals surface area contributed by atoms with Crippen LogP contribution in [-0.4, -0.2) is 48.1 Å². The second kappa shape index (κ2) is 8.89. The quantitative estimate of drug-likeness (QED) is 0.721. The average molecular weight is 424 g/mol. The Bertz CT molecular complexity index is 1020. The monoisotopic (exact) mass is 424 g/mol. The second-order valence-electron chi connectivity index (χ2n) is 7.74. The van der Waals surface area contributed by atoms with E-state index in [9.17, 15) is 19.1 Å². The summed E-state index contributed by atoms with van der Waals surface area (Å²) in [6, 6.07) is 12.5. The summed E-state index contributed by atoms with van der Waals surface area (Å²) < 4.78 is 19.1. The molecule has 1 saturated heterocycles. The van der Waals surface area contributed by atoms with E-state index >= 15 is 0 Å². The van der Waals surface area contributed by atoms with Crippen molar-refractivity contribution in [1.29, 1.82) is 0 Å². The minimum Gasteiger partial charge on any atom is -0.494 e. The largest absolute Gasteiger partial charge is 0.494 e. The zero-order valence-electron chi connectivity index (χ0n) is 17.4. The maximum absolute atomic E-state index is 13.6. The fraction of sp³-hybridized carbons (Fsp3) is 0.333. The van der Waals surface area contributed by atoms with Gasteiger partial charge >= 0.3 is 0 Å². The predicted molar refractivity (Wildman–Crippen MR) is 115 cm³/mol. The Hall–Kier alpha value is -3.19. The summed E-state index contributed by atoms with van der Waals surface area (Å²) >= 11 is 0. The molecule has 0 aromatic heterocycles. The number of amides is 2. The second-order valence-corrected chi connectivity index (χ2v) is 7.74. The van der Waals surface area contributed by atoms with Gasteiger partial charge in [0.15, 0.2) is 0 Å². The molecule has 1 atom stereocenters. The summed E-state index contributed by atoms with van der Waals surface area (Å²) in [5, 5.41) is 9.63. The van der Waals surface area contributed by atoms with E-state index in [4.69, 9.17) is 4.74 Å². The van der Waals surface area contributed by atoms with E-state index in [2.05, 4.69) is 0 Å². The van der Waals surface area contributed by atoms with Crippen molar-refractivity contribution in [3.8, 4) is 5.75 Å². The third kappa shape index (κ3) is 4.05. The van der Waals surface area contributed by atoms with Crippen LogP contribution in [-0.2, 0) is 9.59 Å². The van der Waals surface area contributed by atoms with E-state index in [0.29, 0.717) is 42.4 Å². The number of hydrogen-bond acceptors (Lipinski definition) is 5. The Balaban J connectivity index is 1.78. The Morgan fingerprint density at radius 3 is 2.61 bits per heavy atom. The van der Waals surface area contributed by atoms with Gasteiger partial charge in [0.25, 0.3) is 11.8 Å². The fourth-order valence-electron chi connectivity index (χ4n) is 4.22. The van der Waals surface area contributed by atoms with Crippen molar-refractivity contribution in [2.45, 2.75) is 19.8 Å². The van der Waals surface area contributed by atoms with Crippen LogP contribution in [0, 0.1) is 11.7 Å². The van der Waals surface area contributed by atoms with E-state index in [0.717, 1.165) is 17.7 Å². The van der Waals surface area contributed by atoms with Crippen LogP contribution < -0.4 is 9.64 Å². The van der Waals surface area contributed by atoms with E-state index in [1.54, 1.807) is 24.3 Å². The van der Waals surface area contributed by atoms with Crippen LogP contribution in [0.4, 0.5) is 10.1 Å². The number of aliphatic hydroxyl groups is 1. The zero-order chi connectivity index (χ0) is 22.0. The van der Waals surface area contributed by atoms with Crippen LogP contribution >= 0.6 is 0 Å². The van der Waals surface area contributed by atoms with Gasteiger partial charge in [-0.2, -0.15) is 0 Å². The van der Waals surface area contributed by atoms with Gasteiger partial charge in [0, 0.05) is 25.8 Å². The van der Waals surface area contributed by atoms with Gasteiger partial charge in [-0.1, -0.05) is 18.2 Å². The van der Waals surface area contributed by atoms with Gasteiger partial charge in [0.2, 0.25) is 0 Å². The molecule has 2 aliphatic heterocycles. The van der Waals surface area contributed by atoms with Gasteiger partial charge in [0.05, 0.1) is 17.9 Å². The normalized spacial score (nSPS) is 19.4. The molecule has 1 fully saturated rings. The molecular formula is C24H25FN2O4. The van der Waals surface area contributed by atoms with Crippen LogP contribution in [0.3, 0.4) is 0 Å². The molecule has 2 heterocycles. The molecule has 7 heteroatoms. The van der Waals surface area contributed by atoms with Crippen molar-refractivity contribution < 1.29 is 23.8 Å². The number of nitrogens with zero attached hydrogens (tertiary/aromatic N) is 2. The van der Waals surface area contributed by atoms with Crippen molar-refractivity contribution >= 4 is 23.1 Å². The fourth-order valence-corrected chi connectivity index (χ4v) is 4.22. The van der Waals surface area contributed by atoms with Crippen molar-refractivity contribution in [1.82, 2.24) is 4.90 Å². The third-order valence-electron chi connectivity index (χ3n) is 5.67. The predicted octanol–water partition coefficient (Wildman–Crippen LogP) is 3.21. The molecule has 6 nitrogen and oxygen atoms in total. The standard InChI is InChI=1S/C24H25FN2O4/c1-2-31-20-7-3-6-19(13-20)27-23(29)21(17-8-10-18(25)11-9-17)22(24(27)30)26-12-4-5-16(14-26)15-28/h3,6-11,13,16,28H,2,4-5,12,14-15H2,1H3. The number of piperidine rings is 1. The molecule has 2 aromatic carbocycles. The lowest BCUT2D eigenvalue weighted by Crippen LogP contribution is -2.40. The Labute approximate surface area is 180 Å². The molecule has 4 rings (SSSR count). The molecule has 0 saturated carbocycles. The molecule has 0 spiro atoms. The highest BCUT2D eigenvalue weighted by Crippen LogP contribution is 2.37. The lowest BCUT2D eigenvalue weighted by Gasteiger charge is -2.34. The van der Waals surface area contributed by atoms with Gasteiger partial charge in [-0.3, -0.25) is 9.59 Å². The number of carbonyl (C=O) groups is 2. The van der Waals surface area contributed by atoms with Gasteiger partial charge in [0.1, 0.15) is 17.3 Å². The number of carbonyl (C=O) groups excluding carboxylic acids is 2. The zero-order valence-corrected chi connectivity index (χ0v) is 17.4. The van der Waals surface area contributed by atoms with E-state index in [1.807, 2.05) is 11.8 Å². The molecule has 2 amide bonds. The molecule has 31 heavy (non-hydrogen) atoms. The Morgan fingerprint density at radius 1 is 1.13 bits per heavy atom. The van der Waals surface area contributed by atoms with Crippen LogP contribution in [0.15, 0.2) is 54.2 Å². The molecule has 0 aliphatic carbocycles. The molecule has 162 valence electrons. The number of anilines is 1. The summed E-state index contributed by atoms with van der Waals surface area (Å²) in [7, 11) is 0. The molecule has 2 aliphatic rings. The smallest absolute Gasteiger partial charge is 0.282 e. The topological polar surface area (TPSA) is 70.1 Å². The summed E-state index contributed by atoms with van der Waals surface area (Å²) in [5.74, 6) is -0.685. The van der Waals surface area contributed by atoms with Crippen LogP contribution in [0.5, 0.6) is 5.75 Å². The van der Waals surface area contributed by atoms with Crippen molar-refractivity contribution in [3.05, 3.63) is 65.6 Å². The SMILES string of the molecule is CCOc1cccc(N2C(=O)C(c3ccc(F)cc3)=C(N3CCCC(CO)C3)C2=O)c1. The lowest BCUT2D eigenvalue weighted by atomic mass is 9.97. The van der Waals surface area contributed by atoms with Gasteiger partial charge in [-0.15, -0.1) is 0 Å². The lowest BCUT2D eigenvalue weighted by molar-refractivity contribution is -0.120. The Morgan fingerprint density at radius 2 is 1.90 bits per heavy atom. The van der Waals surface area contributed by atoms with E-state index in [1.165, 1.54) is 24.3 Å². The molecule has 0 bridgehead atoms. The number of likely N-dealkylation sites (tertiary alicyclic amines) is 1. The number of imide groups is 1. The first-order chi connectivity index (χ1) is 15.0. The van der Waals surface area contributed by atoms with E-state index < -0.39 is 17.6 Å². The van der Waals surface area contributed by atoms with Gasteiger partial charge in [-0.05, 0) is 55.5 Å². The van der Waals surface area contributed by atoms with Crippen molar-refractivity contribution in [2.75, 3.05) is 31.2 Å². The summed E-state index contributed by atoms with van der Waals surface area (Å²) in [6.45, 7) is 3.45. The molecule has 1 N–H and O–H groups in total. The van der Waals surface area contributed by atoms with Crippen molar-refractivity contribution in [3.63, 3.8) is 0 Å². The first-order valence-electron chi connectivity index (χ1n) is 10.5. The molecule has 1 unspecified atom stereocenters. The highest BCUT2D eigenvalue weighted by Gasteiger charge is 2.43. The number of halogens is 1. The average Bonchev–Trinajstić information content (AvgIpc) is 3.05. The van der Waals surface area contributed by atoms with Crippen LogP contribution in [0.2, 0.25) is 0 Å². The van der Waals surface area contributed by atoms with E-state index in [-0.39, 0.29) is 18.1 Å². The van der Waals surface area contributed by atoms with Crippen LogP contribution in [0.25, 0.3) is 5.57 Å². The highest BCUT2D eigenvalue weighted by molar-refractivity contribution is 6.45. The number of benzene rings is 2. The number of hydrogen-bond donors (Lipinski definition) is 1. The number of rotatable bonds is 6.